The summed E-state index contributed by atoms with van der Waals surface area (Å²) >= 11 is 0. The highest BCUT2D eigenvalue weighted by Crippen LogP contribution is 1.86. The largest absolute Gasteiger partial charge is 0.324 e. The number of ketones is 1. The topological polar surface area (TPSA) is 55.1 Å². The zero-order valence-corrected chi connectivity index (χ0v) is 7.39. The molecule has 0 aliphatic carbocycles. The van der Waals surface area contributed by atoms with E-state index >= 15 is 0 Å². The first kappa shape index (κ1) is 10.6. The van der Waals surface area contributed by atoms with Gasteiger partial charge in [-0.1, -0.05) is 13.3 Å². The minimum Gasteiger partial charge on any atom is -0.324 e. The van der Waals surface area contributed by atoms with Crippen LogP contribution in [0.3, 0.4) is 0 Å². The third-order valence-electron chi connectivity index (χ3n) is 1.67. The molecule has 0 radical (unpaired) electrons. The van der Waals surface area contributed by atoms with Gasteiger partial charge in [0.15, 0.2) is 5.78 Å². The Hall–Kier alpha value is -0.410. The first-order valence-corrected chi connectivity index (χ1v) is 4.18. The summed E-state index contributed by atoms with van der Waals surface area (Å²) in [5.74, 6) is 0.0844. The fourth-order valence-electron chi connectivity index (χ4n) is 0.786. The van der Waals surface area contributed by atoms with E-state index < -0.39 is 0 Å². The lowest BCUT2D eigenvalue weighted by atomic mass is 10.2. The van der Waals surface area contributed by atoms with E-state index in [-0.39, 0.29) is 18.4 Å². The van der Waals surface area contributed by atoms with Crippen LogP contribution in [0.2, 0.25) is 0 Å². The summed E-state index contributed by atoms with van der Waals surface area (Å²) in [5.41, 5.74) is 5.19. The maximum Gasteiger partial charge on any atom is 0.162 e. The molecule has 0 heterocycles. The average Bonchev–Trinajstić information content (AvgIpc) is 2.03. The Morgan fingerprint density at radius 2 is 2.27 bits per heavy atom. The molecule has 3 nitrogen and oxygen atoms in total. The molecule has 0 bridgehead atoms. The SMILES string of the molecule is CCCCNC(C)C(=O)CN. The number of hydrogen-bond donors (Lipinski definition) is 2. The second-order valence-electron chi connectivity index (χ2n) is 2.70. The summed E-state index contributed by atoms with van der Waals surface area (Å²) in [6.07, 6.45) is 2.26. The number of nitrogens with one attached hydrogen (secondary N) is 1. The predicted molar refractivity (Wildman–Crippen MR) is 46.4 cm³/mol. The van der Waals surface area contributed by atoms with Gasteiger partial charge < -0.3 is 11.1 Å². The number of rotatable bonds is 6. The Morgan fingerprint density at radius 3 is 2.73 bits per heavy atom. The minimum absolute atomic E-state index is 0.0773. The molecule has 0 amide bonds. The van der Waals surface area contributed by atoms with Crippen molar-refractivity contribution in [3.05, 3.63) is 0 Å². The molecule has 0 aliphatic heterocycles. The summed E-state index contributed by atoms with van der Waals surface area (Å²) in [6.45, 7) is 5.02. The average molecular weight is 158 g/mol. The summed E-state index contributed by atoms with van der Waals surface area (Å²) in [7, 11) is 0. The number of Topliss-reactive ketones (excluding diaryl/α,β-unsaturated/α-hetero) is 1. The maximum atomic E-state index is 10.9. The van der Waals surface area contributed by atoms with Crippen molar-refractivity contribution in [2.45, 2.75) is 32.7 Å². The van der Waals surface area contributed by atoms with Crippen LogP contribution in [0.5, 0.6) is 0 Å². The maximum absolute atomic E-state index is 10.9. The lowest BCUT2D eigenvalue weighted by molar-refractivity contribution is -0.119. The van der Waals surface area contributed by atoms with Crippen molar-refractivity contribution in [1.29, 1.82) is 0 Å². The van der Waals surface area contributed by atoms with E-state index in [1.54, 1.807) is 0 Å². The van der Waals surface area contributed by atoms with Crippen LogP contribution in [0.1, 0.15) is 26.7 Å². The standard InChI is InChI=1S/C8H18N2O/c1-3-4-5-10-7(2)8(11)6-9/h7,10H,3-6,9H2,1-2H3. The number of carbonyl (C=O) groups is 1. The third-order valence-corrected chi connectivity index (χ3v) is 1.67. The first-order chi connectivity index (χ1) is 5.22. The van der Waals surface area contributed by atoms with Crippen molar-refractivity contribution in [3.63, 3.8) is 0 Å². The number of hydrogen-bond acceptors (Lipinski definition) is 3. The summed E-state index contributed by atoms with van der Waals surface area (Å²) < 4.78 is 0. The van der Waals surface area contributed by atoms with Crippen LogP contribution in [0, 0.1) is 0 Å². The molecule has 1 unspecified atom stereocenters. The molecule has 11 heavy (non-hydrogen) atoms. The van der Waals surface area contributed by atoms with Gasteiger partial charge in [-0.25, -0.2) is 0 Å². The van der Waals surface area contributed by atoms with Gasteiger partial charge in [0, 0.05) is 0 Å². The summed E-state index contributed by atoms with van der Waals surface area (Å²) in [4.78, 5) is 10.9. The van der Waals surface area contributed by atoms with Crippen LogP contribution in [-0.4, -0.2) is 24.9 Å². The molecule has 1 atom stereocenters. The molecule has 3 heteroatoms. The molecule has 0 aromatic heterocycles. The van der Waals surface area contributed by atoms with Crippen LogP contribution in [0.25, 0.3) is 0 Å². The second-order valence-corrected chi connectivity index (χ2v) is 2.70. The van der Waals surface area contributed by atoms with E-state index in [1.165, 1.54) is 0 Å². The van der Waals surface area contributed by atoms with Crippen molar-refractivity contribution >= 4 is 5.78 Å². The van der Waals surface area contributed by atoms with Crippen LogP contribution in [-0.2, 0) is 4.79 Å². The molecular weight excluding hydrogens is 140 g/mol. The van der Waals surface area contributed by atoms with Crippen LogP contribution >= 0.6 is 0 Å². The zero-order chi connectivity index (χ0) is 8.69. The third kappa shape index (κ3) is 4.93. The van der Waals surface area contributed by atoms with E-state index in [2.05, 4.69) is 12.2 Å². The van der Waals surface area contributed by atoms with Crippen molar-refractivity contribution in [2.75, 3.05) is 13.1 Å². The second kappa shape index (κ2) is 6.31. The van der Waals surface area contributed by atoms with E-state index in [1.807, 2.05) is 6.92 Å². The van der Waals surface area contributed by atoms with Gasteiger partial charge in [0.25, 0.3) is 0 Å². The Bertz CT molecular complexity index is 115. The van der Waals surface area contributed by atoms with Gasteiger partial charge in [-0.05, 0) is 19.9 Å². The van der Waals surface area contributed by atoms with Gasteiger partial charge in [0.05, 0.1) is 12.6 Å². The molecule has 0 rings (SSSR count). The summed E-state index contributed by atoms with van der Waals surface area (Å²) in [5, 5.41) is 3.10. The molecule has 66 valence electrons. The number of unbranched alkanes of at least 4 members (excludes halogenated alkanes) is 1. The quantitative estimate of drug-likeness (QED) is 0.546. The van der Waals surface area contributed by atoms with Gasteiger partial charge in [-0.2, -0.15) is 0 Å². The van der Waals surface area contributed by atoms with Gasteiger partial charge >= 0.3 is 0 Å². The van der Waals surface area contributed by atoms with E-state index in [0.717, 1.165) is 19.4 Å². The molecular formula is C8H18N2O. The highest BCUT2D eigenvalue weighted by atomic mass is 16.1. The molecule has 0 saturated heterocycles. The molecule has 0 aromatic rings. The Kier molecular flexibility index (Phi) is 6.07. The predicted octanol–water partition coefficient (Wildman–Crippen LogP) is 0.292. The minimum atomic E-state index is -0.0773. The number of carbonyl (C=O) groups excluding carboxylic acids is 1. The van der Waals surface area contributed by atoms with E-state index in [4.69, 9.17) is 5.73 Å². The van der Waals surface area contributed by atoms with Crippen molar-refractivity contribution in [1.82, 2.24) is 5.32 Å². The van der Waals surface area contributed by atoms with Crippen molar-refractivity contribution in [2.24, 2.45) is 5.73 Å². The smallest absolute Gasteiger partial charge is 0.162 e. The Balaban J connectivity index is 3.36. The first-order valence-electron chi connectivity index (χ1n) is 4.18. The highest BCUT2D eigenvalue weighted by Gasteiger charge is 2.08. The van der Waals surface area contributed by atoms with Crippen LogP contribution in [0.15, 0.2) is 0 Å². The molecule has 0 fully saturated rings. The monoisotopic (exact) mass is 158 g/mol. The molecule has 0 aromatic carbocycles. The molecule has 0 aliphatic rings. The molecule has 0 spiro atoms. The fraction of sp³-hybridized carbons (Fsp3) is 0.875. The zero-order valence-electron chi connectivity index (χ0n) is 7.39. The van der Waals surface area contributed by atoms with Crippen molar-refractivity contribution < 1.29 is 4.79 Å². The van der Waals surface area contributed by atoms with Gasteiger partial charge in [0.2, 0.25) is 0 Å². The highest BCUT2D eigenvalue weighted by molar-refractivity contribution is 5.85. The normalized spacial score (nSPS) is 13.0. The van der Waals surface area contributed by atoms with E-state index in [0.29, 0.717) is 0 Å². The van der Waals surface area contributed by atoms with Crippen LogP contribution in [0.4, 0.5) is 0 Å². The molecule has 0 saturated carbocycles. The van der Waals surface area contributed by atoms with Gasteiger partial charge in [-0.3, -0.25) is 4.79 Å². The van der Waals surface area contributed by atoms with Crippen molar-refractivity contribution in [3.8, 4) is 0 Å². The lowest BCUT2D eigenvalue weighted by Gasteiger charge is -2.10. The number of nitrogens with two attached hydrogens (primary N) is 1. The Morgan fingerprint density at radius 1 is 1.64 bits per heavy atom. The lowest BCUT2D eigenvalue weighted by Crippen LogP contribution is -2.38. The molecule has 3 N–H and O–H groups in total. The Labute approximate surface area is 68.3 Å². The summed E-state index contributed by atoms with van der Waals surface area (Å²) in [6, 6.07) is -0.0773. The van der Waals surface area contributed by atoms with Gasteiger partial charge in [0.1, 0.15) is 0 Å². The van der Waals surface area contributed by atoms with E-state index in [9.17, 15) is 4.79 Å². The van der Waals surface area contributed by atoms with Gasteiger partial charge in [-0.15, -0.1) is 0 Å². The van der Waals surface area contributed by atoms with Crippen LogP contribution < -0.4 is 11.1 Å². The fourth-order valence-corrected chi connectivity index (χ4v) is 0.786.